The summed E-state index contributed by atoms with van der Waals surface area (Å²) in [5, 5.41) is 10.5. The second kappa shape index (κ2) is 7.28. The fourth-order valence-corrected chi connectivity index (χ4v) is 1.81. The second-order valence-corrected chi connectivity index (χ2v) is 4.57. The van der Waals surface area contributed by atoms with Crippen molar-refractivity contribution in [2.45, 2.75) is 13.3 Å². The predicted molar refractivity (Wildman–Crippen MR) is 79.9 cm³/mol. The predicted octanol–water partition coefficient (Wildman–Crippen LogP) is 3.75. The zero-order valence-electron chi connectivity index (χ0n) is 11.8. The SMILES string of the molecule is Cc1ccccc1OCCCOc1ccc([N+](=O)[O-])cc1. The van der Waals surface area contributed by atoms with E-state index in [0.717, 1.165) is 17.7 Å². The van der Waals surface area contributed by atoms with Gasteiger partial charge in [0, 0.05) is 18.6 Å². The highest BCUT2D eigenvalue weighted by Gasteiger charge is 2.04. The number of nitro benzene ring substituents is 1. The molecule has 0 aromatic heterocycles. The van der Waals surface area contributed by atoms with Gasteiger partial charge in [-0.2, -0.15) is 0 Å². The Hall–Kier alpha value is -2.56. The molecule has 0 radical (unpaired) electrons. The fourth-order valence-electron chi connectivity index (χ4n) is 1.81. The smallest absolute Gasteiger partial charge is 0.269 e. The molecule has 0 saturated carbocycles. The highest BCUT2D eigenvalue weighted by atomic mass is 16.6. The molecule has 5 nitrogen and oxygen atoms in total. The van der Waals surface area contributed by atoms with Gasteiger partial charge >= 0.3 is 0 Å². The average molecular weight is 287 g/mol. The lowest BCUT2D eigenvalue weighted by atomic mass is 10.2. The largest absolute Gasteiger partial charge is 0.493 e. The molecule has 0 aliphatic rings. The maximum Gasteiger partial charge on any atom is 0.269 e. The first-order valence-electron chi connectivity index (χ1n) is 6.72. The maximum absolute atomic E-state index is 10.5. The van der Waals surface area contributed by atoms with E-state index in [1.54, 1.807) is 12.1 Å². The molecule has 2 rings (SSSR count). The van der Waals surface area contributed by atoms with Gasteiger partial charge in [-0.25, -0.2) is 0 Å². The van der Waals surface area contributed by atoms with Crippen molar-refractivity contribution < 1.29 is 14.4 Å². The number of hydrogen-bond acceptors (Lipinski definition) is 4. The number of aryl methyl sites for hydroxylation is 1. The second-order valence-electron chi connectivity index (χ2n) is 4.57. The van der Waals surface area contributed by atoms with Gasteiger partial charge in [-0.15, -0.1) is 0 Å². The van der Waals surface area contributed by atoms with Crippen molar-refractivity contribution in [1.82, 2.24) is 0 Å². The third kappa shape index (κ3) is 4.49. The highest BCUT2D eigenvalue weighted by Crippen LogP contribution is 2.18. The van der Waals surface area contributed by atoms with Crippen LogP contribution in [0.3, 0.4) is 0 Å². The first-order chi connectivity index (χ1) is 10.2. The van der Waals surface area contributed by atoms with Crippen LogP contribution < -0.4 is 9.47 Å². The van der Waals surface area contributed by atoms with Gasteiger partial charge < -0.3 is 9.47 Å². The van der Waals surface area contributed by atoms with E-state index in [9.17, 15) is 10.1 Å². The number of para-hydroxylation sites is 1. The van der Waals surface area contributed by atoms with Crippen LogP contribution in [0.2, 0.25) is 0 Å². The third-order valence-electron chi connectivity index (χ3n) is 2.96. The monoisotopic (exact) mass is 287 g/mol. The molecule has 2 aromatic carbocycles. The van der Waals surface area contributed by atoms with E-state index in [2.05, 4.69) is 0 Å². The van der Waals surface area contributed by atoms with Gasteiger partial charge in [0.05, 0.1) is 18.1 Å². The molecule has 0 spiro atoms. The Balaban J connectivity index is 1.70. The van der Waals surface area contributed by atoms with E-state index >= 15 is 0 Å². The molecule has 0 saturated heterocycles. The summed E-state index contributed by atoms with van der Waals surface area (Å²) in [6, 6.07) is 13.9. The highest BCUT2D eigenvalue weighted by molar-refractivity contribution is 5.36. The van der Waals surface area contributed by atoms with Crippen LogP contribution in [0.25, 0.3) is 0 Å². The minimum absolute atomic E-state index is 0.0604. The van der Waals surface area contributed by atoms with E-state index in [1.807, 2.05) is 31.2 Å². The summed E-state index contributed by atoms with van der Waals surface area (Å²) < 4.78 is 11.2. The van der Waals surface area contributed by atoms with Crippen LogP contribution in [-0.2, 0) is 0 Å². The van der Waals surface area contributed by atoms with Gasteiger partial charge in [0.25, 0.3) is 5.69 Å². The molecule has 2 aromatic rings. The van der Waals surface area contributed by atoms with Crippen molar-refractivity contribution in [1.29, 1.82) is 0 Å². The van der Waals surface area contributed by atoms with E-state index in [1.165, 1.54) is 12.1 Å². The average Bonchev–Trinajstić information content (AvgIpc) is 2.49. The zero-order chi connectivity index (χ0) is 15.1. The van der Waals surface area contributed by atoms with Crippen molar-refractivity contribution in [3.63, 3.8) is 0 Å². The molecule has 0 fully saturated rings. The normalized spacial score (nSPS) is 10.1. The number of hydrogen-bond donors (Lipinski definition) is 0. The van der Waals surface area contributed by atoms with Crippen molar-refractivity contribution in [3.05, 3.63) is 64.2 Å². The van der Waals surface area contributed by atoms with Crippen molar-refractivity contribution in [2.24, 2.45) is 0 Å². The van der Waals surface area contributed by atoms with E-state index in [-0.39, 0.29) is 5.69 Å². The van der Waals surface area contributed by atoms with E-state index in [0.29, 0.717) is 19.0 Å². The molecule has 0 aliphatic carbocycles. The van der Waals surface area contributed by atoms with Gasteiger partial charge in [0.1, 0.15) is 11.5 Å². The summed E-state index contributed by atoms with van der Waals surface area (Å²) in [5.41, 5.74) is 1.17. The molecule has 0 unspecified atom stereocenters. The summed E-state index contributed by atoms with van der Waals surface area (Å²) >= 11 is 0. The Kier molecular flexibility index (Phi) is 5.15. The first kappa shape index (κ1) is 14.8. The van der Waals surface area contributed by atoms with Crippen molar-refractivity contribution in [3.8, 4) is 11.5 Å². The zero-order valence-corrected chi connectivity index (χ0v) is 11.8. The molecular formula is C16H17NO4. The summed E-state index contributed by atoms with van der Waals surface area (Å²) in [6.07, 6.45) is 0.741. The van der Waals surface area contributed by atoms with E-state index < -0.39 is 4.92 Å². The van der Waals surface area contributed by atoms with Crippen molar-refractivity contribution >= 4 is 5.69 Å². The summed E-state index contributed by atoms with van der Waals surface area (Å²) in [4.78, 5) is 10.1. The molecule has 110 valence electrons. The van der Waals surface area contributed by atoms with Gasteiger partial charge in [-0.05, 0) is 30.7 Å². The first-order valence-corrected chi connectivity index (χ1v) is 6.72. The Morgan fingerprint density at radius 3 is 2.33 bits per heavy atom. The molecule has 0 aliphatic heterocycles. The molecule has 21 heavy (non-hydrogen) atoms. The number of rotatable bonds is 7. The van der Waals surface area contributed by atoms with Crippen molar-refractivity contribution in [2.75, 3.05) is 13.2 Å². The quantitative estimate of drug-likeness (QED) is 0.442. The molecule has 5 heteroatoms. The van der Waals surface area contributed by atoms with Crippen LogP contribution in [0.5, 0.6) is 11.5 Å². The van der Waals surface area contributed by atoms with E-state index in [4.69, 9.17) is 9.47 Å². The van der Waals surface area contributed by atoms with Crippen LogP contribution in [0.4, 0.5) is 5.69 Å². The minimum Gasteiger partial charge on any atom is -0.493 e. The van der Waals surface area contributed by atoms with Gasteiger partial charge in [-0.1, -0.05) is 18.2 Å². The van der Waals surface area contributed by atoms with Crippen LogP contribution in [-0.4, -0.2) is 18.1 Å². The molecule has 0 heterocycles. The van der Waals surface area contributed by atoms with Gasteiger partial charge in [0.15, 0.2) is 0 Å². The molecule has 0 N–H and O–H groups in total. The Bertz CT molecular complexity index is 595. The van der Waals surface area contributed by atoms with Gasteiger partial charge in [-0.3, -0.25) is 10.1 Å². The molecule has 0 atom stereocenters. The Labute approximate surface area is 123 Å². The molecular weight excluding hydrogens is 270 g/mol. The Morgan fingerprint density at radius 1 is 1.00 bits per heavy atom. The number of benzene rings is 2. The third-order valence-corrected chi connectivity index (χ3v) is 2.96. The number of nitro groups is 1. The molecule has 0 bridgehead atoms. The number of non-ortho nitro benzene ring substituents is 1. The topological polar surface area (TPSA) is 61.6 Å². The van der Waals surface area contributed by atoms with Gasteiger partial charge in [0.2, 0.25) is 0 Å². The summed E-state index contributed by atoms with van der Waals surface area (Å²) in [6.45, 7) is 3.07. The van der Waals surface area contributed by atoms with Crippen LogP contribution in [0.15, 0.2) is 48.5 Å². The van der Waals surface area contributed by atoms with Crippen LogP contribution in [0, 0.1) is 17.0 Å². The summed E-state index contributed by atoms with van der Waals surface area (Å²) in [5.74, 6) is 1.50. The maximum atomic E-state index is 10.5. The van der Waals surface area contributed by atoms with Crippen LogP contribution in [0.1, 0.15) is 12.0 Å². The Morgan fingerprint density at radius 2 is 1.67 bits per heavy atom. The standard InChI is InChI=1S/C16H17NO4/c1-13-5-2-3-6-16(13)21-12-4-11-20-15-9-7-14(8-10-15)17(18)19/h2-3,5-10H,4,11-12H2,1H3. The minimum atomic E-state index is -0.431. The molecule has 0 amide bonds. The number of ether oxygens (including phenoxy) is 2. The lowest BCUT2D eigenvalue weighted by Gasteiger charge is -2.09. The summed E-state index contributed by atoms with van der Waals surface area (Å²) in [7, 11) is 0. The lowest BCUT2D eigenvalue weighted by Crippen LogP contribution is -2.05. The lowest BCUT2D eigenvalue weighted by molar-refractivity contribution is -0.384. The number of nitrogens with zero attached hydrogens (tertiary/aromatic N) is 1. The fraction of sp³-hybridized carbons (Fsp3) is 0.250. The van der Waals surface area contributed by atoms with Crippen LogP contribution >= 0.6 is 0 Å².